The summed E-state index contributed by atoms with van der Waals surface area (Å²) in [5.41, 5.74) is 3.93. The van der Waals surface area contributed by atoms with Crippen molar-refractivity contribution in [2.24, 2.45) is 0 Å². The van der Waals surface area contributed by atoms with Crippen LogP contribution in [0, 0.1) is 6.92 Å². The number of carboxylic acids is 1. The lowest BCUT2D eigenvalue weighted by molar-refractivity contribution is 0.0697. The van der Waals surface area contributed by atoms with E-state index in [-0.39, 0.29) is 5.56 Å². The summed E-state index contributed by atoms with van der Waals surface area (Å²) in [6.07, 6.45) is 1.67. The first kappa shape index (κ1) is 20.5. The molecule has 6 nitrogen and oxygen atoms in total. The average molecular weight is 413 g/mol. The summed E-state index contributed by atoms with van der Waals surface area (Å²) >= 11 is 5.80. The predicted molar refractivity (Wildman–Crippen MR) is 112 cm³/mol. The second-order valence-electron chi connectivity index (χ2n) is 6.45. The highest BCUT2D eigenvalue weighted by molar-refractivity contribution is 6.29. The van der Waals surface area contributed by atoms with Crippen molar-refractivity contribution in [3.05, 3.63) is 82.1 Å². The SMILES string of the molecule is COc1cc(CNc2ccc(C(=O)O)cc2C)ccc1OCc1ccc(Cl)nc1. The Morgan fingerprint density at radius 3 is 2.55 bits per heavy atom. The number of hydrogen-bond donors (Lipinski definition) is 2. The maximum absolute atomic E-state index is 11.0. The van der Waals surface area contributed by atoms with Crippen molar-refractivity contribution >= 4 is 23.3 Å². The van der Waals surface area contributed by atoms with Crippen molar-refractivity contribution in [3.63, 3.8) is 0 Å². The number of nitrogens with zero attached hydrogens (tertiary/aromatic N) is 1. The van der Waals surface area contributed by atoms with Crippen LogP contribution in [0.1, 0.15) is 27.0 Å². The molecule has 0 atom stereocenters. The number of ether oxygens (including phenoxy) is 2. The van der Waals surface area contributed by atoms with Crippen molar-refractivity contribution in [1.82, 2.24) is 4.98 Å². The Labute approximate surface area is 174 Å². The molecule has 0 aliphatic heterocycles. The summed E-state index contributed by atoms with van der Waals surface area (Å²) in [7, 11) is 1.60. The number of nitrogens with one attached hydrogen (secondary N) is 1. The normalized spacial score (nSPS) is 10.4. The number of halogens is 1. The molecule has 29 heavy (non-hydrogen) atoms. The van der Waals surface area contributed by atoms with Gasteiger partial charge in [0.25, 0.3) is 0 Å². The van der Waals surface area contributed by atoms with E-state index >= 15 is 0 Å². The van der Waals surface area contributed by atoms with E-state index in [2.05, 4.69) is 10.3 Å². The van der Waals surface area contributed by atoms with Gasteiger partial charge in [0, 0.05) is 24.0 Å². The fourth-order valence-corrected chi connectivity index (χ4v) is 2.90. The fourth-order valence-electron chi connectivity index (χ4n) is 2.79. The quantitative estimate of drug-likeness (QED) is 0.510. The number of aromatic nitrogens is 1. The first-order valence-corrected chi connectivity index (χ1v) is 9.32. The average Bonchev–Trinajstić information content (AvgIpc) is 2.72. The third-order valence-electron chi connectivity index (χ3n) is 4.37. The largest absolute Gasteiger partial charge is 0.493 e. The van der Waals surface area contributed by atoms with Crippen LogP contribution in [0.2, 0.25) is 5.15 Å². The third-order valence-corrected chi connectivity index (χ3v) is 4.59. The van der Waals surface area contributed by atoms with E-state index in [1.54, 1.807) is 37.6 Å². The first-order chi connectivity index (χ1) is 14.0. The van der Waals surface area contributed by atoms with Crippen LogP contribution in [0.25, 0.3) is 0 Å². The molecule has 0 radical (unpaired) electrons. The Morgan fingerprint density at radius 2 is 1.90 bits per heavy atom. The molecule has 0 saturated carbocycles. The molecular weight excluding hydrogens is 392 g/mol. The molecule has 0 amide bonds. The Balaban J connectivity index is 1.65. The van der Waals surface area contributed by atoms with Gasteiger partial charge in [0.1, 0.15) is 11.8 Å². The van der Waals surface area contributed by atoms with Crippen LogP contribution in [-0.2, 0) is 13.2 Å². The van der Waals surface area contributed by atoms with Gasteiger partial charge in [-0.25, -0.2) is 9.78 Å². The zero-order valence-electron chi connectivity index (χ0n) is 16.1. The number of anilines is 1. The summed E-state index contributed by atoms with van der Waals surface area (Å²) in [5, 5.41) is 12.8. The molecule has 0 spiro atoms. The van der Waals surface area contributed by atoms with E-state index in [1.807, 2.05) is 31.2 Å². The van der Waals surface area contributed by atoms with Crippen molar-refractivity contribution in [3.8, 4) is 11.5 Å². The third kappa shape index (κ3) is 5.39. The first-order valence-electron chi connectivity index (χ1n) is 8.94. The van der Waals surface area contributed by atoms with Crippen LogP contribution in [-0.4, -0.2) is 23.2 Å². The molecule has 150 valence electrons. The van der Waals surface area contributed by atoms with Gasteiger partial charge in [-0.05, 0) is 54.4 Å². The summed E-state index contributed by atoms with van der Waals surface area (Å²) < 4.78 is 11.3. The van der Waals surface area contributed by atoms with Gasteiger partial charge in [-0.2, -0.15) is 0 Å². The molecule has 3 rings (SSSR count). The molecule has 0 aliphatic carbocycles. The van der Waals surface area contributed by atoms with Gasteiger partial charge >= 0.3 is 5.97 Å². The highest BCUT2D eigenvalue weighted by atomic mass is 35.5. The summed E-state index contributed by atoms with van der Waals surface area (Å²) in [6, 6.07) is 14.3. The highest BCUT2D eigenvalue weighted by Crippen LogP contribution is 2.29. The topological polar surface area (TPSA) is 80.7 Å². The maximum Gasteiger partial charge on any atom is 0.335 e. The number of hydrogen-bond acceptors (Lipinski definition) is 5. The maximum atomic E-state index is 11.0. The summed E-state index contributed by atoms with van der Waals surface area (Å²) in [5.74, 6) is 0.326. The van der Waals surface area contributed by atoms with Crippen LogP contribution in [0.3, 0.4) is 0 Å². The monoisotopic (exact) mass is 412 g/mol. The minimum absolute atomic E-state index is 0.270. The van der Waals surface area contributed by atoms with Gasteiger partial charge in [0.15, 0.2) is 11.5 Å². The molecule has 7 heteroatoms. The molecule has 0 unspecified atom stereocenters. The summed E-state index contributed by atoms with van der Waals surface area (Å²) in [6.45, 7) is 2.79. The second-order valence-corrected chi connectivity index (χ2v) is 6.84. The van der Waals surface area contributed by atoms with E-state index in [0.29, 0.717) is 29.8 Å². The van der Waals surface area contributed by atoms with Crippen LogP contribution in [0.5, 0.6) is 11.5 Å². The molecule has 1 aromatic heterocycles. The molecule has 2 aromatic carbocycles. The van der Waals surface area contributed by atoms with E-state index < -0.39 is 5.97 Å². The lowest BCUT2D eigenvalue weighted by Crippen LogP contribution is -2.04. The van der Waals surface area contributed by atoms with Crippen molar-refractivity contribution in [2.45, 2.75) is 20.1 Å². The van der Waals surface area contributed by atoms with Gasteiger partial charge in [-0.15, -0.1) is 0 Å². The number of benzene rings is 2. The number of rotatable bonds is 8. The van der Waals surface area contributed by atoms with Crippen molar-refractivity contribution in [1.29, 1.82) is 0 Å². The Morgan fingerprint density at radius 1 is 1.10 bits per heavy atom. The standard InChI is InChI=1S/C22H21ClN2O4/c1-14-9-17(22(26)27)5-6-18(14)24-11-15-3-7-19(20(10-15)28-2)29-13-16-4-8-21(23)25-12-16/h3-10,12,24H,11,13H2,1-2H3,(H,26,27). The fraction of sp³-hybridized carbons (Fsp3) is 0.182. The molecule has 1 heterocycles. The lowest BCUT2D eigenvalue weighted by Gasteiger charge is -2.14. The minimum Gasteiger partial charge on any atom is -0.493 e. The van der Waals surface area contributed by atoms with Gasteiger partial charge in [-0.3, -0.25) is 0 Å². The van der Waals surface area contributed by atoms with Gasteiger partial charge in [0.2, 0.25) is 0 Å². The van der Waals surface area contributed by atoms with E-state index in [4.69, 9.17) is 26.2 Å². The number of aryl methyl sites for hydroxylation is 1. The molecule has 0 bridgehead atoms. The van der Waals surface area contributed by atoms with Crippen LogP contribution in [0.4, 0.5) is 5.69 Å². The number of carbonyl (C=O) groups is 1. The van der Waals surface area contributed by atoms with E-state index in [1.165, 1.54) is 0 Å². The zero-order valence-corrected chi connectivity index (χ0v) is 16.9. The Hall–Kier alpha value is -3.25. The highest BCUT2D eigenvalue weighted by Gasteiger charge is 2.09. The predicted octanol–water partition coefficient (Wildman–Crippen LogP) is 4.94. The summed E-state index contributed by atoms with van der Waals surface area (Å²) in [4.78, 5) is 15.1. The van der Waals surface area contributed by atoms with Gasteiger partial charge in [0.05, 0.1) is 12.7 Å². The molecule has 2 N–H and O–H groups in total. The van der Waals surface area contributed by atoms with Crippen LogP contribution in [0.15, 0.2) is 54.7 Å². The smallest absolute Gasteiger partial charge is 0.335 e. The molecule has 0 saturated heterocycles. The van der Waals surface area contributed by atoms with Gasteiger partial charge < -0.3 is 19.9 Å². The number of pyridine rings is 1. The second kappa shape index (κ2) is 9.30. The number of methoxy groups -OCH3 is 1. The molecular formula is C22H21ClN2O4. The van der Waals surface area contributed by atoms with Gasteiger partial charge in [-0.1, -0.05) is 23.7 Å². The minimum atomic E-state index is -0.936. The Bertz CT molecular complexity index is 1010. The van der Waals surface area contributed by atoms with Crippen LogP contribution >= 0.6 is 11.6 Å². The molecule has 0 fully saturated rings. The number of aromatic carboxylic acids is 1. The molecule has 3 aromatic rings. The van der Waals surface area contributed by atoms with Crippen LogP contribution < -0.4 is 14.8 Å². The molecule has 0 aliphatic rings. The zero-order chi connectivity index (χ0) is 20.8. The van der Waals surface area contributed by atoms with E-state index in [0.717, 1.165) is 22.4 Å². The number of carboxylic acid groups (broad SMARTS) is 1. The van der Waals surface area contributed by atoms with Crippen molar-refractivity contribution < 1.29 is 19.4 Å². The van der Waals surface area contributed by atoms with Crippen molar-refractivity contribution in [2.75, 3.05) is 12.4 Å². The lowest BCUT2D eigenvalue weighted by atomic mass is 10.1. The Kier molecular flexibility index (Phi) is 6.57. The van der Waals surface area contributed by atoms with E-state index in [9.17, 15) is 4.79 Å².